The van der Waals surface area contributed by atoms with Crippen LogP contribution in [0.1, 0.15) is 39.7 Å². The first kappa shape index (κ1) is 27.8. The minimum absolute atomic E-state index is 0.0155. The fraction of sp³-hybridized carbons (Fsp3) is 0.500. The topological polar surface area (TPSA) is 187 Å². The highest BCUT2D eigenvalue weighted by Crippen LogP contribution is 2.19. The number of aromatic amines is 1. The normalized spacial score (nSPS) is 15.6. The molecule has 11 nitrogen and oxygen atoms in total. The number of carboxylic acid groups (broad SMARTS) is 1. The van der Waals surface area contributed by atoms with E-state index in [-0.39, 0.29) is 18.8 Å². The molecule has 0 fully saturated rings. The van der Waals surface area contributed by atoms with Crippen molar-refractivity contribution >= 4 is 34.6 Å². The number of carbonyl (C=O) groups is 4. The summed E-state index contributed by atoms with van der Waals surface area (Å²) in [6.45, 7) is 6.43. The molecule has 0 saturated heterocycles. The van der Waals surface area contributed by atoms with Crippen LogP contribution in [-0.2, 0) is 25.6 Å². The Labute approximate surface area is 203 Å². The molecule has 0 aliphatic heterocycles. The van der Waals surface area contributed by atoms with Crippen molar-refractivity contribution in [2.45, 2.75) is 70.8 Å². The lowest BCUT2D eigenvalue weighted by atomic mass is 10.00. The number of carboxylic acids is 1. The van der Waals surface area contributed by atoms with Gasteiger partial charge in [-0.25, -0.2) is 0 Å². The standard InChI is InChI=1S/C24H35N5O6/c1-12(2)9-18(29-23(33)20(25)14(4)30)22(32)28-19(21(31)27-13(3)24(34)35)10-15-11-26-17-8-6-5-7-16(15)17/h5-8,11-14,18-20,26,30H,9-10,25H2,1-4H3,(H,27,31)(H,28,32)(H,29,33)(H,34,35). The van der Waals surface area contributed by atoms with Gasteiger partial charge < -0.3 is 36.9 Å². The van der Waals surface area contributed by atoms with Crippen LogP contribution in [0.5, 0.6) is 0 Å². The van der Waals surface area contributed by atoms with Crippen LogP contribution < -0.4 is 21.7 Å². The monoisotopic (exact) mass is 489 g/mol. The summed E-state index contributed by atoms with van der Waals surface area (Å²) in [7, 11) is 0. The molecular weight excluding hydrogens is 454 g/mol. The van der Waals surface area contributed by atoms with E-state index in [2.05, 4.69) is 20.9 Å². The van der Waals surface area contributed by atoms with E-state index in [1.54, 1.807) is 6.20 Å². The summed E-state index contributed by atoms with van der Waals surface area (Å²) >= 11 is 0. The lowest BCUT2D eigenvalue weighted by Gasteiger charge is -2.26. The Morgan fingerprint density at radius 1 is 0.943 bits per heavy atom. The van der Waals surface area contributed by atoms with Crippen molar-refractivity contribution in [3.63, 3.8) is 0 Å². The van der Waals surface area contributed by atoms with Gasteiger partial charge in [0.1, 0.15) is 24.2 Å². The molecule has 192 valence electrons. The lowest BCUT2D eigenvalue weighted by molar-refractivity contribution is -0.141. The average Bonchev–Trinajstić information content (AvgIpc) is 3.19. The van der Waals surface area contributed by atoms with Gasteiger partial charge in [0, 0.05) is 23.5 Å². The van der Waals surface area contributed by atoms with E-state index in [4.69, 9.17) is 5.73 Å². The summed E-state index contributed by atoms with van der Waals surface area (Å²) in [6, 6.07) is 2.94. The molecule has 5 atom stereocenters. The number of amides is 3. The third-order valence-electron chi connectivity index (χ3n) is 5.62. The zero-order valence-corrected chi connectivity index (χ0v) is 20.4. The molecule has 1 aromatic carbocycles. The third kappa shape index (κ3) is 7.79. The van der Waals surface area contributed by atoms with E-state index < -0.39 is 54.0 Å². The minimum atomic E-state index is -1.22. The zero-order chi connectivity index (χ0) is 26.3. The highest BCUT2D eigenvalue weighted by molar-refractivity contribution is 5.94. The number of para-hydroxylation sites is 1. The minimum Gasteiger partial charge on any atom is -0.480 e. The summed E-state index contributed by atoms with van der Waals surface area (Å²) in [5.41, 5.74) is 7.30. The second-order valence-corrected chi connectivity index (χ2v) is 9.15. The number of H-pyrrole nitrogens is 1. The number of nitrogens with two attached hydrogens (primary N) is 1. The first-order valence-corrected chi connectivity index (χ1v) is 11.5. The summed E-state index contributed by atoms with van der Waals surface area (Å²) in [5.74, 6) is -3.19. The van der Waals surface area contributed by atoms with Gasteiger partial charge in [0.2, 0.25) is 17.7 Å². The Bertz CT molecular complexity index is 1050. The number of hydrogen-bond donors (Lipinski definition) is 7. The van der Waals surface area contributed by atoms with E-state index in [0.29, 0.717) is 0 Å². The van der Waals surface area contributed by atoms with Gasteiger partial charge in [-0.2, -0.15) is 0 Å². The number of aromatic nitrogens is 1. The molecule has 11 heteroatoms. The molecule has 2 rings (SSSR count). The quantitative estimate of drug-likeness (QED) is 0.219. The maximum atomic E-state index is 13.2. The fourth-order valence-corrected chi connectivity index (χ4v) is 3.57. The average molecular weight is 490 g/mol. The predicted molar refractivity (Wildman–Crippen MR) is 130 cm³/mol. The molecule has 1 heterocycles. The first-order valence-electron chi connectivity index (χ1n) is 11.5. The van der Waals surface area contributed by atoms with E-state index in [1.807, 2.05) is 38.1 Å². The Morgan fingerprint density at radius 2 is 1.54 bits per heavy atom. The van der Waals surface area contributed by atoms with Gasteiger partial charge >= 0.3 is 5.97 Å². The molecule has 1 aromatic heterocycles. The Kier molecular flexibility index (Phi) is 9.78. The maximum absolute atomic E-state index is 13.2. The summed E-state index contributed by atoms with van der Waals surface area (Å²) in [5, 5.41) is 27.3. The van der Waals surface area contributed by atoms with Crippen molar-refractivity contribution < 1.29 is 29.4 Å². The van der Waals surface area contributed by atoms with Crippen LogP contribution in [0.25, 0.3) is 10.9 Å². The van der Waals surface area contributed by atoms with Gasteiger partial charge in [-0.05, 0) is 37.8 Å². The Hall–Kier alpha value is -3.44. The third-order valence-corrected chi connectivity index (χ3v) is 5.62. The van der Waals surface area contributed by atoms with Gasteiger partial charge in [-0.15, -0.1) is 0 Å². The van der Waals surface area contributed by atoms with Crippen LogP contribution in [0.2, 0.25) is 0 Å². The zero-order valence-electron chi connectivity index (χ0n) is 20.4. The van der Waals surface area contributed by atoms with Crippen molar-refractivity contribution in [3.8, 4) is 0 Å². The van der Waals surface area contributed by atoms with Crippen molar-refractivity contribution in [2.75, 3.05) is 0 Å². The molecular formula is C24H35N5O6. The smallest absolute Gasteiger partial charge is 0.325 e. The fourth-order valence-electron chi connectivity index (χ4n) is 3.57. The van der Waals surface area contributed by atoms with Crippen molar-refractivity contribution in [2.24, 2.45) is 11.7 Å². The highest BCUT2D eigenvalue weighted by Gasteiger charge is 2.31. The molecule has 0 radical (unpaired) electrons. The number of benzene rings is 1. The molecule has 3 amide bonds. The van der Waals surface area contributed by atoms with Crippen molar-refractivity contribution in [1.82, 2.24) is 20.9 Å². The summed E-state index contributed by atoms with van der Waals surface area (Å²) in [6.07, 6.45) is 0.962. The Morgan fingerprint density at radius 3 is 2.14 bits per heavy atom. The van der Waals surface area contributed by atoms with Crippen LogP contribution in [0.3, 0.4) is 0 Å². The molecule has 0 bridgehead atoms. The van der Waals surface area contributed by atoms with Gasteiger partial charge in [0.05, 0.1) is 6.10 Å². The van der Waals surface area contributed by atoms with Crippen molar-refractivity contribution in [3.05, 3.63) is 36.0 Å². The maximum Gasteiger partial charge on any atom is 0.325 e. The molecule has 0 spiro atoms. The number of nitrogens with one attached hydrogen (secondary N) is 4. The Balaban J connectivity index is 2.29. The second kappa shape index (κ2) is 12.3. The van der Waals surface area contributed by atoms with E-state index in [9.17, 15) is 29.4 Å². The van der Waals surface area contributed by atoms with Gasteiger partial charge in [0.15, 0.2) is 0 Å². The largest absolute Gasteiger partial charge is 0.480 e. The molecule has 8 N–H and O–H groups in total. The highest BCUT2D eigenvalue weighted by atomic mass is 16.4. The van der Waals surface area contributed by atoms with Gasteiger partial charge in [-0.3, -0.25) is 19.2 Å². The summed E-state index contributed by atoms with van der Waals surface area (Å²) < 4.78 is 0. The number of aliphatic carboxylic acids is 1. The van der Waals surface area contributed by atoms with Crippen LogP contribution >= 0.6 is 0 Å². The van der Waals surface area contributed by atoms with Gasteiger partial charge in [-0.1, -0.05) is 32.0 Å². The van der Waals surface area contributed by atoms with E-state index >= 15 is 0 Å². The molecule has 0 saturated carbocycles. The number of rotatable bonds is 12. The summed E-state index contributed by atoms with van der Waals surface area (Å²) in [4.78, 5) is 52.9. The number of aliphatic hydroxyl groups is 1. The number of carbonyl (C=O) groups excluding carboxylic acids is 3. The van der Waals surface area contributed by atoms with Crippen LogP contribution in [0, 0.1) is 5.92 Å². The molecule has 2 aromatic rings. The number of aliphatic hydroxyl groups excluding tert-OH is 1. The van der Waals surface area contributed by atoms with E-state index in [1.165, 1.54) is 13.8 Å². The molecule has 35 heavy (non-hydrogen) atoms. The first-order chi connectivity index (χ1) is 16.4. The van der Waals surface area contributed by atoms with Crippen molar-refractivity contribution in [1.29, 1.82) is 0 Å². The lowest BCUT2D eigenvalue weighted by Crippen LogP contribution is -2.58. The van der Waals surface area contributed by atoms with Crippen LogP contribution in [0.15, 0.2) is 30.5 Å². The van der Waals surface area contributed by atoms with Crippen LogP contribution in [0.4, 0.5) is 0 Å². The molecule has 0 aliphatic carbocycles. The second-order valence-electron chi connectivity index (χ2n) is 9.15. The molecule has 0 aliphatic rings. The number of fused-ring (bicyclic) bond motifs is 1. The van der Waals surface area contributed by atoms with E-state index in [0.717, 1.165) is 16.5 Å². The SMILES string of the molecule is CC(C)CC(NC(=O)C(N)C(C)O)C(=O)NC(Cc1c[nH]c2ccccc12)C(=O)NC(C)C(=O)O. The van der Waals surface area contributed by atoms with Crippen LogP contribution in [-0.4, -0.2) is 69.2 Å². The number of hydrogen-bond acceptors (Lipinski definition) is 6. The predicted octanol–water partition coefficient (Wildman–Crippen LogP) is 0.0235. The van der Waals surface area contributed by atoms with Gasteiger partial charge in [0.25, 0.3) is 0 Å². The molecule has 5 unspecified atom stereocenters.